The highest BCUT2D eigenvalue weighted by Gasteiger charge is 2.30. The van der Waals surface area contributed by atoms with Crippen LogP contribution in [0.1, 0.15) is 16.7 Å². The van der Waals surface area contributed by atoms with Gasteiger partial charge in [0, 0.05) is 18.1 Å². The Kier molecular flexibility index (Phi) is 6.01. The van der Waals surface area contributed by atoms with Gasteiger partial charge in [-0.2, -0.15) is 13.2 Å². The molecule has 0 spiro atoms. The van der Waals surface area contributed by atoms with Crippen LogP contribution in [0.4, 0.5) is 13.2 Å². The lowest BCUT2D eigenvalue weighted by molar-refractivity contribution is -0.137. The monoisotopic (exact) mass is 428 g/mol. The van der Waals surface area contributed by atoms with Gasteiger partial charge in [-0.05, 0) is 29.3 Å². The molecule has 0 unspecified atom stereocenters. The average molecular weight is 428 g/mol. The maximum Gasteiger partial charge on any atom is 0.416 e. The minimum atomic E-state index is -4.52. The number of thiazole rings is 1. The predicted molar refractivity (Wildman–Crippen MR) is 99.5 cm³/mol. The fourth-order valence-electron chi connectivity index (χ4n) is 2.34. The molecule has 0 saturated carbocycles. The van der Waals surface area contributed by atoms with Crippen LogP contribution in [-0.4, -0.2) is 13.4 Å². The number of halogens is 3. The lowest BCUT2D eigenvalue weighted by Crippen LogP contribution is -2.24. The van der Waals surface area contributed by atoms with Crippen molar-refractivity contribution in [3.63, 3.8) is 0 Å². The van der Waals surface area contributed by atoms with E-state index in [4.69, 9.17) is 4.74 Å². The summed E-state index contributed by atoms with van der Waals surface area (Å²) in [5.41, 5.74) is -0.135. The van der Waals surface area contributed by atoms with E-state index in [1.54, 1.807) is 35.8 Å². The summed E-state index contributed by atoms with van der Waals surface area (Å²) >= 11 is 1.34. The summed E-state index contributed by atoms with van der Waals surface area (Å²) in [7, 11) is -3.80. The van der Waals surface area contributed by atoms with E-state index in [2.05, 4.69) is 9.71 Å². The smallest absolute Gasteiger partial charge is 0.416 e. The molecule has 0 aliphatic rings. The average Bonchev–Trinajstić information content (AvgIpc) is 3.13. The number of nitrogens with zero attached hydrogens (tertiary/aromatic N) is 1. The number of benzene rings is 2. The molecule has 5 nitrogen and oxygen atoms in total. The van der Waals surface area contributed by atoms with Gasteiger partial charge in [0.15, 0.2) is 0 Å². The van der Waals surface area contributed by atoms with Crippen LogP contribution in [-0.2, 0) is 28.5 Å². The standard InChI is InChI=1S/C18H15F3N2O3S2/c19-18(20,21)15-3-1-2-14(10-15)12-28(24,25)23-11-13-4-6-16(7-5-13)26-17-22-8-9-27-17/h1-10,23H,11-12H2. The third kappa shape index (κ3) is 5.78. The van der Waals surface area contributed by atoms with Gasteiger partial charge in [0.2, 0.25) is 10.0 Å². The van der Waals surface area contributed by atoms with Gasteiger partial charge in [-0.3, -0.25) is 0 Å². The molecule has 28 heavy (non-hydrogen) atoms. The summed E-state index contributed by atoms with van der Waals surface area (Å²) in [5, 5.41) is 2.28. The number of alkyl halides is 3. The lowest BCUT2D eigenvalue weighted by Gasteiger charge is -2.10. The largest absolute Gasteiger partial charge is 0.431 e. The van der Waals surface area contributed by atoms with E-state index >= 15 is 0 Å². The molecular formula is C18H15F3N2O3S2. The molecule has 0 aliphatic carbocycles. The topological polar surface area (TPSA) is 68.3 Å². The zero-order chi connectivity index (χ0) is 20.2. The molecule has 0 fully saturated rings. The molecule has 1 aromatic heterocycles. The van der Waals surface area contributed by atoms with Gasteiger partial charge in [0.05, 0.1) is 11.3 Å². The Balaban J connectivity index is 1.59. The summed E-state index contributed by atoms with van der Waals surface area (Å²) in [4.78, 5) is 4.00. The van der Waals surface area contributed by atoms with Crippen LogP contribution in [0.5, 0.6) is 10.9 Å². The first-order chi connectivity index (χ1) is 13.2. The fourth-order valence-corrected chi connectivity index (χ4v) is 3.95. The van der Waals surface area contributed by atoms with Gasteiger partial charge in [-0.1, -0.05) is 41.7 Å². The highest BCUT2D eigenvalue weighted by Crippen LogP contribution is 2.30. The Morgan fingerprint density at radius 3 is 2.46 bits per heavy atom. The predicted octanol–water partition coefficient (Wildman–Crippen LogP) is 4.57. The second-order valence-electron chi connectivity index (χ2n) is 5.82. The molecule has 3 rings (SSSR count). The number of hydrogen-bond donors (Lipinski definition) is 1. The second kappa shape index (κ2) is 8.29. The van der Waals surface area contributed by atoms with Gasteiger partial charge < -0.3 is 4.74 Å². The van der Waals surface area contributed by atoms with Crippen molar-refractivity contribution in [2.24, 2.45) is 0 Å². The molecule has 0 atom stereocenters. The van der Waals surface area contributed by atoms with Crippen molar-refractivity contribution in [1.29, 1.82) is 0 Å². The van der Waals surface area contributed by atoms with Crippen molar-refractivity contribution in [3.05, 3.63) is 76.8 Å². The number of nitrogens with one attached hydrogen (secondary N) is 1. The highest BCUT2D eigenvalue weighted by molar-refractivity contribution is 7.88. The highest BCUT2D eigenvalue weighted by atomic mass is 32.2. The van der Waals surface area contributed by atoms with Crippen LogP contribution in [0.25, 0.3) is 0 Å². The quantitative estimate of drug-likeness (QED) is 0.598. The van der Waals surface area contributed by atoms with Crippen molar-refractivity contribution >= 4 is 21.4 Å². The van der Waals surface area contributed by atoms with E-state index < -0.39 is 27.5 Å². The number of aromatic nitrogens is 1. The van der Waals surface area contributed by atoms with Crippen LogP contribution >= 0.6 is 11.3 Å². The van der Waals surface area contributed by atoms with E-state index in [9.17, 15) is 21.6 Å². The SMILES string of the molecule is O=S(=O)(Cc1cccc(C(F)(F)F)c1)NCc1ccc(Oc2nccs2)cc1. The molecule has 0 saturated heterocycles. The summed E-state index contributed by atoms with van der Waals surface area (Å²) < 4.78 is 70.5. The Labute approximate surface area is 163 Å². The molecule has 0 amide bonds. The van der Waals surface area contributed by atoms with Crippen LogP contribution < -0.4 is 9.46 Å². The molecule has 1 heterocycles. The van der Waals surface area contributed by atoms with Crippen LogP contribution in [0.2, 0.25) is 0 Å². The van der Waals surface area contributed by atoms with E-state index in [-0.39, 0.29) is 12.1 Å². The zero-order valence-electron chi connectivity index (χ0n) is 14.3. The van der Waals surface area contributed by atoms with Crippen LogP contribution in [0.15, 0.2) is 60.1 Å². The first-order valence-electron chi connectivity index (χ1n) is 8.01. The van der Waals surface area contributed by atoms with E-state index in [1.165, 1.54) is 23.5 Å². The van der Waals surface area contributed by atoms with Crippen molar-refractivity contribution < 1.29 is 26.3 Å². The minimum Gasteiger partial charge on any atom is -0.431 e. The first-order valence-corrected chi connectivity index (χ1v) is 10.5. The van der Waals surface area contributed by atoms with Crippen molar-refractivity contribution in [3.8, 4) is 10.9 Å². The molecule has 0 bridgehead atoms. The minimum absolute atomic E-state index is 0.0127. The maximum atomic E-state index is 12.7. The van der Waals surface area contributed by atoms with Gasteiger partial charge >= 0.3 is 6.18 Å². The van der Waals surface area contributed by atoms with Gasteiger partial charge in [0.25, 0.3) is 5.19 Å². The van der Waals surface area contributed by atoms with Crippen molar-refractivity contribution in [2.75, 3.05) is 0 Å². The summed E-state index contributed by atoms with van der Waals surface area (Å²) in [6.45, 7) is 0.0127. The van der Waals surface area contributed by atoms with Gasteiger partial charge in [-0.15, -0.1) is 0 Å². The Hall–Kier alpha value is -2.43. The van der Waals surface area contributed by atoms with E-state index in [1.807, 2.05) is 0 Å². The number of hydrogen-bond acceptors (Lipinski definition) is 5. The van der Waals surface area contributed by atoms with Crippen LogP contribution in [0, 0.1) is 0 Å². The Morgan fingerprint density at radius 1 is 1.07 bits per heavy atom. The van der Waals surface area contributed by atoms with E-state index in [0.29, 0.717) is 16.5 Å². The Morgan fingerprint density at radius 2 is 1.82 bits per heavy atom. The maximum absolute atomic E-state index is 12.7. The third-order valence-electron chi connectivity index (χ3n) is 3.65. The molecule has 0 radical (unpaired) electrons. The summed E-state index contributed by atoms with van der Waals surface area (Å²) in [5.74, 6) is 0.0211. The normalized spacial score (nSPS) is 12.1. The molecule has 3 aromatic rings. The van der Waals surface area contributed by atoms with Crippen molar-refractivity contribution in [1.82, 2.24) is 9.71 Å². The second-order valence-corrected chi connectivity index (χ2v) is 8.49. The number of rotatable bonds is 7. The zero-order valence-corrected chi connectivity index (χ0v) is 15.9. The van der Waals surface area contributed by atoms with Crippen LogP contribution in [0.3, 0.4) is 0 Å². The summed E-state index contributed by atoms with van der Waals surface area (Å²) in [6, 6.07) is 11.0. The molecule has 10 heteroatoms. The molecule has 0 aliphatic heterocycles. The lowest BCUT2D eigenvalue weighted by atomic mass is 10.1. The number of ether oxygens (including phenoxy) is 1. The molecular weight excluding hydrogens is 413 g/mol. The van der Waals surface area contributed by atoms with Crippen molar-refractivity contribution in [2.45, 2.75) is 18.5 Å². The Bertz CT molecular complexity index is 1020. The van der Waals surface area contributed by atoms with Gasteiger partial charge in [-0.25, -0.2) is 18.1 Å². The number of sulfonamides is 1. The third-order valence-corrected chi connectivity index (χ3v) is 5.59. The van der Waals surface area contributed by atoms with Gasteiger partial charge in [0.1, 0.15) is 5.75 Å². The fraction of sp³-hybridized carbons (Fsp3) is 0.167. The summed E-state index contributed by atoms with van der Waals surface area (Å²) in [6.07, 6.45) is -2.90. The molecule has 148 valence electrons. The first kappa shape index (κ1) is 20.3. The molecule has 2 aromatic carbocycles. The van der Waals surface area contributed by atoms with E-state index in [0.717, 1.165) is 12.1 Å². The molecule has 1 N–H and O–H groups in total.